The topological polar surface area (TPSA) is 27.3 Å². The highest BCUT2D eigenvalue weighted by molar-refractivity contribution is 4.79. The Bertz CT molecular complexity index is 512. The fourth-order valence-electron chi connectivity index (χ4n) is 5.16. The Morgan fingerprint density at radius 3 is 2.07 bits per heavy atom. The highest BCUT2D eigenvalue weighted by atomic mass is 16.5. The van der Waals surface area contributed by atoms with Gasteiger partial charge >= 0.3 is 0 Å². The molecule has 29 heavy (non-hydrogen) atoms. The van der Waals surface area contributed by atoms with E-state index in [0.29, 0.717) is 24.0 Å². The molecule has 0 N–H and O–H groups in total. The summed E-state index contributed by atoms with van der Waals surface area (Å²) in [6.07, 6.45) is 23.1. The molecule has 4 unspecified atom stereocenters. The third-order valence-electron chi connectivity index (χ3n) is 6.98. The summed E-state index contributed by atoms with van der Waals surface area (Å²) in [5.74, 6) is 1.34. The largest absolute Gasteiger partial charge is 0.378 e. The van der Waals surface area contributed by atoms with Gasteiger partial charge in [-0.15, -0.1) is 0 Å². The molecular formula is C25H45N2O2+. The molecule has 0 radical (unpaired) electrons. The zero-order valence-electron chi connectivity index (χ0n) is 19.1. The molecule has 3 rings (SSSR count). The molecule has 2 aliphatic carbocycles. The summed E-state index contributed by atoms with van der Waals surface area (Å²) in [4.78, 5) is 0. The molecule has 0 spiro atoms. The molecule has 166 valence electrons. The number of hydrogen-bond acceptors (Lipinski definition) is 2. The van der Waals surface area contributed by atoms with Gasteiger partial charge in [0.2, 0.25) is 6.33 Å². The van der Waals surface area contributed by atoms with Crippen molar-refractivity contribution in [1.29, 1.82) is 0 Å². The molecule has 0 aromatic carbocycles. The lowest BCUT2D eigenvalue weighted by atomic mass is 9.86. The first kappa shape index (κ1) is 22.8. The van der Waals surface area contributed by atoms with Crippen molar-refractivity contribution < 1.29 is 14.0 Å². The van der Waals surface area contributed by atoms with Gasteiger partial charge in [-0.05, 0) is 38.5 Å². The molecule has 1 aromatic heterocycles. The summed E-state index contributed by atoms with van der Waals surface area (Å²) in [7, 11) is 0. The molecule has 4 nitrogen and oxygen atoms in total. The van der Waals surface area contributed by atoms with Gasteiger partial charge in [-0.2, -0.15) is 0 Å². The van der Waals surface area contributed by atoms with E-state index in [1.54, 1.807) is 0 Å². The van der Waals surface area contributed by atoms with Crippen molar-refractivity contribution in [3.63, 3.8) is 0 Å². The van der Waals surface area contributed by atoms with E-state index in [4.69, 9.17) is 9.47 Å². The van der Waals surface area contributed by atoms with Crippen LogP contribution in [0.2, 0.25) is 0 Å². The summed E-state index contributed by atoms with van der Waals surface area (Å²) >= 11 is 0. The van der Waals surface area contributed by atoms with Crippen LogP contribution in [-0.2, 0) is 22.6 Å². The number of rotatable bonds is 12. The van der Waals surface area contributed by atoms with Crippen LogP contribution in [0.4, 0.5) is 0 Å². The first-order valence-electron chi connectivity index (χ1n) is 12.6. The Morgan fingerprint density at radius 1 is 0.828 bits per heavy atom. The second-order valence-corrected chi connectivity index (χ2v) is 9.42. The lowest BCUT2D eigenvalue weighted by Crippen LogP contribution is -2.42. The van der Waals surface area contributed by atoms with Gasteiger partial charge in [0.25, 0.3) is 0 Å². The molecule has 2 fully saturated rings. The second-order valence-electron chi connectivity index (χ2n) is 9.42. The predicted octanol–water partition coefficient (Wildman–Crippen LogP) is 5.53. The maximum Gasteiger partial charge on any atom is 0.243 e. The van der Waals surface area contributed by atoms with Crippen molar-refractivity contribution in [2.75, 3.05) is 13.2 Å². The number of imidazole rings is 1. The quantitative estimate of drug-likeness (QED) is 0.338. The smallest absolute Gasteiger partial charge is 0.243 e. The van der Waals surface area contributed by atoms with E-state index in [1.165, 1.54) is 77.0 Å². The average molecular weight is 406 g/mol. The van der Waals surface area contributed by atoms with Crippen LogP contribution in [0.1, 0.15) is 90.9 Å². The van der Waals surface area contributed by atoms with Gasteiger partial charge in [0.15, 0.2) is 0 Å². The third-order valence-corrected chi connectivity index (χ3v) is 6.98. The zero-order valence-corrected chi connectivity index (χ0v) is 19.1. The molecule has 0 bridgehead atoms. The standard InChI is InChI=1S/C25H45N2O2/c1-3-5-17-28-24-13-9-7-11-22(24)19-26-15-16-27(21-26)20-23-12-8-10-14-25(23)29-18-6-4-2/h15-16,21-25H,3-14,17-20H2,1-2H3/q+1. The van der Waals surface area contributed by atoms with Gasteiger partial charge in [0.1, 0.15) is 12.4 Å². The van der Waals surface area contributed by atoms with Gasteiger partial charge in [-0.1, -0.05) is 52.4 Å². The van der Waals surface area contributed by atoms with Crippen molar-refractivity contribution in [3.8, 4) is 0 Å². The molecule has 2 aliphatic rings. The third kappa shape index (κ3) is 7.40. The van der Waals surface area contributed by atoms with Gasteiger partial charge in [-0.25, -0.2) is 9.13 Å². The number of unbranched alkanes of at least 4 members (excludes halogenated alkanes) is 2. The minimum Gasteiger partial charge on any atom is -0.378 e. The van der Waals surface area contributed by atoms with Crippen LogP contribution in [0.25, 0.3) is 0 Å². The second kappa shape index (κ2) is 12.7. The average Bonchev–Trinajstić information content (AvgIpc) is 3.18. The minimum atomic E-state index is 0.459. The predicted molar refractivity (Wildman–Crippen MR) is 118 cm³/mol. The Morgan fingerprint density at radius 2 is 1.41 bits per heavy atom. The Kier molecular flexibility index (Phi) is 10.0. The van der Waals surface area contributed by atoms with Crippen LogP contribution in [0, 0.1) is 11.8 Å². The minimum absolute atomic E-state index is 0.459. The van der Waals surface area contributed by atoms with E-state index in [9.17, 15) is 0 Å². The molecule has 4 atom stereocenters. The van der Waals surface area contributed by atoms with E-state index in [2.05, 4.69) is 41.7 Å². The lowest BCUT2D eigenvalue weighted by Gasteiger charge is -2.30. The molecule has 1 heterocycles. The summed E-state index contributed by atoms with van der Waals surface area (Å²) < 4.78 is 17.3. The molecule has 2 saturated carbocycles. The molecular weight excluding hydrogens is 360 g/mol. The normalized spacial score (nSPS) is 27.9. The van der Waals surface area contributed by atoms with E-state index in [0.717, 1.165) is 26.3 Å². The summed E-state index contributed by atoms with van der Waals surface area (Å²) in [5.41, 5.74) is 0. The van der Waals surface area contributed by atoms with Crippen LogP contribution in [0.5, 0.6) is 0 Å². The molecule has 0 aliphatic heterocycles. The van der Waals surface area contributed by atoms with Gasteiger partial charge < -0.3 is 9.47 Å². The van der Waals surface area contributed by atoms with Gasteiger partial charge in [-0.3, -0.25) is 0 Å². The zero-order chi connectivity index (χ0) is 20.3. The SMILES string of the molecule is CCCCOC1CCCCC1Cn1cc[n+](CC2CCCCC2OCCCC)c1. The van der Waals surface area contributed by atoms with Gasteiger partial charge in [0.05, 0.1) is 25.3 Å². The van der Waals surface area contributed by atoms with Crippen molar-refractivity contribution in [2.24, 2.45) is 11.8 Å². The van der Waals surface area contributed by atoms with Crippen molar-refractivity contribution >= 4 is 0 Å². The van der Waals surface area contributed by atoms with Crippen LogP contribution in [-0.4, -0.2) is 30.0 Å². The van der Waals surface area contributed by atoms with E-state index >= 15 is 0 Å². The summed E-state index contributed by atoms with van der Waals surface area (Å²) in [6, 6.07) is 0. The number of ether oxygens (including phenoxy) is 2. The molecule has 4 heteroatoms. The van der Waals surface area contributed by atoms with Crippen LogP contribution < -0.4 is 4.57 Å². The van der Waals surface area contributed by atoms with E-state index in [1.807, 2.05) is 0 Å². The molecule has 1 aromatic rings. The first-order valence-corrected chi connectivity index (χ1v) is 12.6. The van der Waals surface area contributed by atoms with Crippen LogP contribution >= 0.6 is 0 Å². The fourth-order valence-corrected chi connectivity index (χ4v) is 5.16. The van der Waals surface area contributed by atoms with Gasteiger partial charge in [0, 0.05) is 25.0 Å². The van der Waals surface area contributed by atoms with Crippen LogP contribution in [0.3, 0.4) is 0 Å². The Hall–Kier alpha value is -0.870. The number of hydrogen-bond donors (Lipinski definition) is 0. The number of aromatic nitrogens is 2. The first-order chi connectivity index (χ1) is 14.3. The van der Waals surface area contributed by atoms with Crippen molar-refractivity contribution in [3.05, 3.63) is 18.7 Å². The van der Waals surface area contributed by atoms with E-state index in [-0.39, 0.29) is 0 Å². The fraction of sp³-hybridized carbons (Fsp3) is 0.880. The van der Waals surface area contributed by atoms with E-state index < -0.39 is 0 Å². The summed E-state index contributed by atoms with van der Waals surface area (Å²) in [6.45, 7) is 8.56. The highest BCUT2D eigenvalue weighted by Crippen LogP contribution is 2.29. The molecule has 0 saturated heterocycles. The number of nitrogens with zero attached hydrogens (tertiary/aromatic N) is 2. The summed E-state index contributed by atoms with van der Waals surface area (Å²) in [5, 5.41) is 0. The Balaban J connectivity index is 1.51. The van der Waals surface area contributed by atoms with Crippen molar-refractivity contribution in [1.82, 2.24) is 4.57 Å². The monoisotopic (exact) mass is 405 g/mol. The van der Waals surface area contributed by atoms with Crippen LogP contribution in [0.15, 0.2) is 18.7 Å². The maximum atomic E-state index is 6.26. The highest BCUT2D eigenvalue weighted by Gasteiger charge is 2.30. The molecule has 0 amide bonds. The Labute approximate surface area is 179 Å². The van der Waals surface area contributed by atoms with Crippen molar-refractivity contribution in [2.45, 2.75) is 116 Å². The lowest BCUT2D eigenvalue weighted by molar-refractivity contribution is -0.704. The maximum absolute atomic E-state index is 6.26.